The average molecular weight is 417 g/mol. The molecule has 4 heterocycles. The Hall–Kier alpha value is -2.99. The minimum absolute atomic E-state index is 0.0456. The van der Waals surface area contributed by atoms with E-state index in [4.69, 9.17) is 0 Å². The molecule has 6 heteroatoms. The van der Waals surface area contributed by atoms with Crippen LogP contribution in [-0.2, 0) is 4.79 Å². The number of fused-ring (bicyclic) bond motifs is 2. The number of aromatic nitrogens is 2. The van der Waals surface area contributed by atoms with Crippen LogP contribution in [0.1, 0.15) is 41.6 Å². The topological polar surface area (TPSA) is 49.6 Å². The summed E-state index contributed by atoms with van der Waals surface area (Å²) in [7, 11) is 0. The van der Waals surface area contributed by atoms with Crippen molar-refractivity contribution < 1.29 is 9.18 Å². The molecule has 6 rings (SSSR count). The van der Waals surface area contributed by atoms with Crippen molar-refractivity contribution >= 4 is 28.8 Å². The van der Waals surface area contributed by atoms with Crippen LogP contribution < -0.4 is 10.2 Å². The molecule has 0 amide bonds. The summed E-state index contributed by atoms with van der Waals surface area (Å²) in [6, 6.07) is 7.94. The molecule has 2 saturated heterocycles. The molecular weight excluding hydrogens is 391 g/mol. The van der Waals surface area contributed by atoms with E-state index in [2.05, 4.69) is 40.3 Å². The molecule has 158 valence electrons. The van der Waals surface area contributed by atoms with E-state index in [1.165, 1.54) is 17.3 Å². The first-order valence-electron chi connectivity index (χ1n) is 10.9. The van der Waals surface area contributed by atoms with Crippen LogP contribution in [0.2, 0.25) is 0 Å². The lowest BCUT2D eigenvalue weighted by Gasteiger charge is -2.57. The lowest BCUT2D eigenvalue weighted by atomic mass is 9.74. The van der Waals surface area contributed by atoms with Gasteiger partial charge in [0, 0.05) is 67.2 Å². The molecule has 2 fully saturated rings. The second-order valence-corrected chi connectivity index (χ2v) is 9.55. The predicted molar refractivity (Wildman–Crippen MR) is 120 cm³/mol. The second kappa shape index (κ2) is 6.50. The summed E-state index contributed by atoms with van der Waals surface area (Å²) in [6.07, 6.45) is 5.93. The number of ketones is 1. The number of hydrogen-bond acceptors (Lipinski definition) is 4. The quantitative estimate of drug-likeness (QED) is 0.690. The SMILES string of the molecule is Cc1cn2cc(C3=Cc4ccc(N5CC6(CNC6)C5)cc4C(C)CC3=O)cc(F)c2n1. The number of halogens is 1. The number of hydrogen-bond donors (Lipinski definition) is 1. The van der Waals surface area contributed by atoms with E-state index in [-0.39, 0.29) is 17.3 Å². The number of nitrogens with zero attached hydrogens (tertiary/aromatic N) is 3. The van der Waals surface area contributed by atoms with Crippen LogP contribution >= 0.6 is 0 Å². The van der Waals surface area contributed by atoms with Gasteiger partial charge in [-0.05, 0) is 48.2 Å². The van der Waals surface area contributed by atoms with Crippen LogP contribution in [0, 0.1) is 18.2 Å². The van der Waals surface area contributed by atoms with E-state index in [1.54, 1.807) is 16.8 Å². The molecule has 1 N–H and O–H groups in total. The molecule has 1 aliphatic carbocycles. The first kappa shape index (κ1) is 18.8. The summed E-state index contributed by atoms with van der Waals surface area (Å²) in [6.45, 7) is 8.35. The Kier molecular flexibility index (Phi) is 3.93. The van der Waals surface area contributed by atoms with Crippen molar-refractivity contribution in [2.45, 2.75) is 26.2 Å². The minimum atomic E-state index is -0.413. The summed E-state index contributed by atoms with van der Waals surface area (Å²) >= 11 is 0. The average Bonchev–Trinajstić information content (AvgIpc) is 2.99. The zero-order valence-corrected chi connectivity index (χ0v) is 17.8. The fourth-order valence-electron chi connectivity index (χ4n) is 5.27. The van der Waals surface area contributed by atoms with Gasteiger partial charge in [-0.3, -0.25) is 4.79 Å². The molecule has 1 unspecified atom stereocenters. The Balaban J connectivity index is 1.39. The van der Waals surface area contributed by atoms with Crippen molar-refractivity contribution in [1.82, 2.24) is 14.7 Å². The summed E-state index contributed by atoms with van der Waals surface area (Å²) in [5.41, 5.74) is 6.12. The Morgan fingerprint density at radius 2 is 2.00 bits per heavy atom. The molecule has 3 aliphatic rings. The maximum atomic E-state index is 14.7. The van der Waals surface area contributed by atoms with Crippen LogP contribution in [0.3, 0.4) is 0 Å². The van der Waals surface area contributed by atoms with E-state index in [0.717, 1.165) is 37.4 Å². The molecule has 5 nitrogen and oxygen atoms in total. The lowest BCUT2D eigenvalue weighted by Crippen LogP contribution is -2.71. The molecule has 1 aromatic carbocycles. The maximum Gasteiger partial charge on any atom is 0.173 e. The van der Waals surface area contributed by atoms with E-state index in [1.807, 2.05) is 13.0 Å². The van der Waals surface area contributed by atoms with Crippen molar-refractivity contribution in [3.05, 3.63) is 64.9 Å². The number of imidazole rings is 1. The third-order valence-corrected chi connectivity index (χ3v) is 7.05. The van der Waals surface area contributed by atoms with Crippen LogP contribution in [-0.4, -0.2) is 41.3 Å². The van der Waals surface area contributed by atoms with Gasteiger partial charge in [0.1, 0.15) is 0 Å². The zero-order valence-electron chi connectivity index (χ0n) is 17.8. The monoisotopic (exact) mass is 416 g/mol. The normalized spacial score (nSPS) is 22.0. The number of rotatable bonds is 2. The van der Waals surface area contributed by atoms with Gasteiger partial charge in [-0.2, -0.15) is 0 Å². The van der Waals surface area contributed by atoms with Gasteiger partial charge < -0.3 is 14.6 Å². The molecule has 1 spiro atoms. The molecule has 3 aromatic rings. The number of pyridine rings is 1. The fraction of sp³-hybridized carbons (Fsp3) is 0.360. The van der Waals surface area contributed by atoms with E-state index >= 15 is 0 Å². The summed E-state index contributed by atoms with van der Waals surface area (Å²) in [5.74, 6) is -0.255. The Labute approximate surface area is 180 Å². The standard InChI is InChI=1S/C25H25FN4O/c1-15-5-23(31)21(18-7-22(26)24-28-16(2)9-29(24)10-18)6-17-3-4-19(8-20(15)17)30-13-25(14-30)11-27-12-25/h3-4,6-10,15,27H,5,11-14H2,1-2H3. The molecule has 1 atom stereocenters. The molecule has 0 radical (unpaired) electrons. The van der Waals surface area contributed by atoms with Crippen molar-refractivity contribution in [2.24, 2.45) is 5.41 Å². The predicted octanol–water partition coefficient (Wildman–Crippen LogP) is 3.81. The first-order valence-corrected chi connectivity index (χ1v) is 10.9. The Bertz CT molecular complexity index is 1260. The van der Waals surface area contributed by atoms with Gasteiger partial charge >= 0.3 is 0 Å². The van der Waals surface area contributed by atoms with Gasteiger partial charge in [0.15, 0.2) is 17.2 Å². The summed E-state index contributed by atoms with van der Waals surface area (Å²) < 4.78 is 16.3. The molecule has 2 aromatic heterocycles. The minimum Gasteiger partial charge on any atom is -0.370 e. The molecule has 0 saturated carbocycles. The van der Waals surface area contributed by atoms with Crippen molar-refractivity contribution in [1.29, 1.82) is 0 Å². The van der Waals surface area contributed by atoms with Crippen LogP contribution in [0.15, 0.2) is 36.7 Å². The largest absolute Gasteiger partial charge is 0.370 e. The number of anilines is 1. The smallest absolute Gasteiger partial charge is 0.173 e. The van der Waals surface area contributed by atoms with Crippen LogP contribution in [0.5, 0.6) is 0 Å². The fourth-order valence-corrected chi connectivity index (χ4v) is 5.27. The van der Waals surface area contributed by atoms with Gasteiger partial charge in [-0.25, -0.2) is 9.37 Å². The number of aryl methyl sites for hydroxylation is 1. The third kappa shape index (κ3) is 2.92. The molecule has 2 aliphatic heterocycles. The Morgan fingerprint density at radius 3 is 2.74 bits per heavy atom. The highest BCUT2D eigenvalue weighted by Gasteiger charge is 2.47. The van der Waals surface area contributed by atoms with Crippen molar-refractivity contribution in [3.63, 3.8) is 0 Å². The number of benzene rings is 1. The van der Waals surface area contributed by atoms with Gasteiger partial charge in [-0.1, -0.05) is 13.0 Å². The number of nitrogens with one attached hydrogen (secondary N) is 1. The molecule has 0 bridgehead atoms. The first-order chi connectivity index (χ1) is 14.9. The van der Waals surface area contributed by atoms with E-state index in [0.29, 0.717) is 23.0 Å². The van der Waals surface area contributed by atoms with Gasteiger partial charge in [-0.15, -0.1) is 0 Å². The van der Waals surface area contributed by atoms with Gasteiger partial charge in [0.2, 0.25) is 0 Å². The van der Waals surface area contributed by atoms with Gasteiger partial charge in [0.25, 0.3) is 0 Å². The summed E-state index contributed by atoms with van der Waals surface area (Å²) in [5, 5.41) is 3.38. The molecular formula is C25H25FN4O. The molecule has 31 heavy (non-hydrogen) atoms. The van der Waals surface area contributed by atoms with E-state index < -0.39 is 5.82 Å². The summed E-state index contributed by atoms with van der Waals surface area (Å²) in [4.78, 5) is 19.8. The highest BCUT2D eigenvalue weighted by molar-refractivity contribution is 6.26. The second-order valence-electron chi connectivity index (χ2n) is 9.55. The van der Waals surface area contributed by atoms with Crippen molar-refractivity contribution in [2.75, 3.05) is 31.1 Å². The van der Waals surface area contributed by atoms with E-state index in [9.17, 15) is 9.18 Å². The third-order valence-electron chi connectivity index (χ3n) is 7.05. The highest BCUT2D eigenvalue weighted by Crippen LogP contribution is 2.40. The number of carbonyl (C=O) groups is 1. The van der Waals surface area contributed by atoms with Crippen LogP contribution in [0.4, 0.5) is 10.1 Å². The zero-order chi connectivity index (χ0) is 21.3. The number of Topliss-reactive ketones (excluding diaryl/α,β-unsaturated/α-hetero) is 1. The lowest BCUT2D eigenvalue weighted by molar-refractivity contribution is -0.113. The number of carbonyl (C=O) groups excluding carboxylic acids is 1. The van der Waals surface area contributed by atoms with Gasteiger partial charge in [0.05, 0.1) is 5.69 Å². The van der Waals surface area contributed by atoms with Crippen molar-refractivity contribution in [3.8, 4) is 0 Å². The number of allylic oxidation sites excluding steroid dienone is 1. The maximum absolute atomic E-state index is 14.7. The highest BCUT2D eigenvalue weighted by atomic mass is 19.1. The van der Waals surface area contributed by atoms with Crippen LogP contribution in [0.25, 0.3) is 17.3 Å². The Morgan fingerprint density at radius 1 is 1.19 bits per heavy atom.